The molecule has 0 aliphatic heterocycles. The first-order chi connectivity index (χ1) is 9.52. The van der Waals surface area contributed by atoms with Gasteiger partial charge in [0, 0.05) is 6.07 Å². The molecule has 1 aromatic carbocycles. The molecule has 2 rings (SSSR count). The van der Waals surface area contributed by atoms with Gasteiger partial charge >= 0.3 is 0 Å². The zero-order valence-electron chi connectivity index (χ0n) is 10.1. The lowest BCUT2D eigenvalue weighted by Gasteiger charge is -2.08. The molecule has 5 nitrogen and oxygen atoms in total. The summed E-state index contributed by atoms with van der Waals surface area (Å²) in [4.78, 5) is 11.7. The molecule has 2 aromatic rings. The van der Waals surface area contributed by atoms with E-state index >= 15 is 0 Å². The van der Waals surface area contributed by atoms with Crippen molar-refractivity contribution in [1.29, 1.82) is 0 Å². The third kappa shape index (κ3) is 3.02. The minimum Gasteiger partial charge on any atom is -0.497 e. The predicted octanol–water partition coefficient (Wildman–Crippen LogP) is 3.39. The molecule has 0 saturated heterocycles. The normalized spacial score (nSPS) is 10.7. The highest BCUT2D eigenvalue weighted by molar-refractivity contribution is 7.08. The zero-order chi connectivity index (χ0) is 14.7. The third-order valence-corrected chi connectivity index (χ3v) is 3.42. The molecule has 9 heteroatoms. The summed E-state index contributed by atoms with van der Waals surface area (Å²) in [6.45, 7) is 0. The molecule has 0 radical (unpaired) electrons. The molecule has 1 aromatic heterocycles. The molecule has 0 saturated carbocycles. The summed E-state index contributed by atoms with van der Waals surface area (Å²) in [6, 6.07) is 4.61. The fourth-order valence-electron chi connectivity index (χ4n) is 1.40. The number of methoxy groups -OCH3 is 1. The minimum absolute atomic E-state index is 0.251. The molecule has 1 heterocycles. The number of nitrogens with zero attached hydrogens (tertiary/aromatic N) is 2. The van der Waals surface area contributed by atoms with Gasteiger partial charge in [0.05, 0.1) is 17.8 Å². The van der Waals surface area contributed by atoms with Crippen LogP contribution in [0, 0.1) is 0 Å². The lowest BCUT2D eigenvalue weighted by molar-refractivity contribution is 0.101. The van der Waals surface area contributed by atoms with Crippen molar-refractivity contribution < 1.29 is 18.3 Å². The Bertz CT molecular complexity index is 636. The Labute approximate surface area is 121 Å². The third-order valence-electron chi connectivity index (χ3n) is 2.35. The molecule has 0 aliphatic carbocycles. The number of nitrogens with one attached hydrogen (secondary N) is 1. The van der Waals surface area contributed by atoms with Crippen molar-refractivity contribution in [3.63, 3.8) is 0 Å². The second-order valence-corrected chi connectivity index (χ2v) is 4.75. The van der Waals surface area contributed by atoms with Gasteiger partial charge in [-0.15, -0.1) is 5.10 Å². The summed E-state index contributed by atoms with van der Waals surface area (Å²) in [7, 11) is 1.46. The number of hydrogen-bond donors (Lipinski definition) is 1. The van der Waals surface area contributed by atoms with Gasteiger partial charge in [-0.1, -0.05) is 16.1 Å². The Hall–Kier alpha value is -1.80. The van der Waals surface area contributed by atoms with Crippen LogP contribution in [0.2, 0.25) is 5.02 Å². The molecular formula is C11H8ClF2N3O2S. The maximum absolute atomic E-state index is 12.6. The highest BCUT2D eigenvalue weighted by Crippen LogP contribution is 2.29. The smallest absolute Gasteiger partial charge is 0.283 e. The fourth-order valence-corrected chi connectivity index (χ4v) is 2.14. The van der Waals surface area contributed by atoms with Gasteiger partial charge in [-0.05, 0) is 23.7 Å². The van der Waals surface area contributed by atoms with Crippen molar-refractivity contribution in [2.75, 3.05) is 12.4 Å². The number of anilines is 1. The van der Waals surface area contributed by atoms with E-state index in [4.69, 9.17) is 16.3 Å². The van der Waals surface area contributed by atoms with Crippen LogP contribution < -0.4 is 10.1 Å². The quantitative estimate of drug-likeness (QED) is 0.938. The fraction of sp³-hybridized carbons (Fsp3) is 0.182. The molecule has 0 unspecified atom stereocenters. The maximum atomic E-state index is 12.6. The Morgan fingerprint density at radius 2 is 2.25 bits per heavy atom. The van der Waals surface area contributed by atoms with Crippen molar-refractivity contribution >= 4 is 34.7 Å². The number of halogens is 3. The second-order valence-electron chi connectivity index (χ2n) is 3.59. The van der Waals surface area contributed by atoms with Crippen LogP contribution in [0.3, 0.4) is 0 Å². The van der Waals surface area contributed by atoms with Crippen LogP contribution in [0.15, 0.2) is 18.2 Å². The summed E-state index contributed by atoms with van der Waals surface area (Å²) < 4.78 is 33.6. The lowest BCUT2D eigenvalue weighted by atomic mass is 10.3. The molecule has 0 spiro atoms. The first kappa shape index (κ1) is 14.6. The minimum atomic E-state index is -2.87. The van der Waals surface area contributed by atoms with Gasteiger partial charge in [0.2, 0.25) is 0 Å². The van der Waals surface area contributed by atoms with Crippen molar-refractivity contribution in [2.24, 2.45) is 0 Å². The summed E-state index contributed by atoms with van der Waals surface area (Å²) in [5.41, 5.74) is -0.392. The SMILES string of the molecule is COc1ccc(Cl)c(NC(=O)c2snnc2C(F)F)c1. The van der Waals surface area contributed by atoms with Gasteiger partial charge in [-0.2, -0.15) is 0 Å². The predicted molar refractivity (Wildman–Crippen MR) is 70.8 cm³/mol. The van der Waals surface area contributed by atoms with Crippen LogP contribution in [0.4, 0.5) is 14.5 Å². The lowest BCUT2D eigenvalue weighted by Crippen LogP contribution is -2.13. The van der Waals surface area contributed by atoms with E-state index in [0.29, 0.717) is 17.3 Å². The van der Waals surface area contributed by atoms with Crippen LogP contribution in [-0.2, 0) is 0 Å². The molecule has 0 atom stereocenters. The number of carbonyl (C=O) groups is 1. The Morgan fingerprint density at radius 3 is 2.90 bits per heavy atom. The van der Waals surface area contributed by atoms with Crippen LogP contribution >= 0.6 is 23.1 Å². The number of hydrogen-bond acceptors (Lipinski definition) is 5. The standard InChI is InChI=1S/C11H8ClF2N3O2S/c1-19-5-2-3-6(12)7(4-5)15-11(18)9-8(10(13)14)16-17-20-9/h2-4,10H,1H3,(H,15,18). The molecule has 1 amide bonds. The van der Waals surface area contributed by atoms with Crippen LogP contribution in [-0.4, -0.2) is 22.6 Å². The molecule has 0 bridgehead atoms. The van der Waals surface area contributed by atoms with Gasteiger partial charge in [0.1, 0.15) is 10.6 Å². The Kier molecular flexibility index (Phi) is 4.46. The highest BCUT2D eigenvalue weighted by atomic mass is 35.5. The number of amides is 1. The molecule has 0 fully saturated rings. The average Bonchev–Trinajstić information content (AvgIpc) is 2.90. The molecule has 106 valence electrons. The molecule has 1 N–H and O–H groups in total. The van der Waals surface area contributed by atoms with E-state index in [-0.39, 0.29) is 15.6 Å². The van der Waals surface area contributed by atoms with Crippen molar-refractivity contribution in [3.8, 4) is 5.75 Å². The van der Waals surface area contributed by atoms with Gasteiger partial charge in [-0.25, -0.2) is 8.78 Å². The van der Waals surface area contributed by atoms with Gasteiger partial charge in [-0.3, -0.25) is 4.79 Å². The van der Waals surface area contributed by atoms with E-state index in [1.165, 1.54) is 19.2 Å². The highest BCUT2D eigenvalue weighted by Gasteiger charge is 2.23. The van der Waals surface area contributed by atoms with Gasteiger partial charge in [0.15, 0.2) is 5.69 Å². The van der Waals surface area contributed by atoms with E-state index in [2.05, 4.69) is 14.9 Å². The first-order valence-corrected chi connectivity index (χ1v) is 6.43. The first-order valence-electron chi connectivity index (χ1n) is 5.28. The summed E-state index contributed by atoms with van der Waals surface area (Å²) in [5.74, 6) is -0.272. The topological polar surface area (TPSA) is 64.1 Å². The van der Waals surface area contributed by atoms with Crippen LogP contribution in [0.1, 0.15) is 21.8 Å². The van der Waals surface area contributed by atoms with Crippen LogP contribution in [0.5, 0.6) is 5.75 Å². The Morgan fingerprint density at radius 1 is 1.50 bits per heavy atom. The average molecular weight is 320 g/mol. The summed E-state index contributed by atoms with van der Waals surface area (Å²) >= 11 is 6.51. The van der Waals surface area contributed by atoms with Crippen molar-refractivity contribution in [3.05, 3.63) is 33.8 Å². The summed E-state index contributed by atoms with van der Waals surface area (Å²) in [6.07, 6.45) is -2.87. The molecular weight excluding hydrogens is 312 g/mol. The largest absolute Gasteiger partial charge is 0.497 e. The Balaban J connectivity index is 2.25. The van der Waals surface area contributed by atoms with E-state index in [0.717, 1.165) is 0 Å². The number of ether oxygens (including phenoxy) is 1. The second kappa shape index (κ2) is 6.10. The summed E-state index contributed by atoms with van der Waals surface area (Å²) in [5, 5.41) is 5.92. The number of rotatable bonds is 4. The monoisotopic (exact) mass is 319 g/mol. The van der Waals surface area contributed by atoms with E-state index in [1.807, 2.05) is 0 Å². The number of aromatic nitrogens is 2. The number of benzene rings is 1. The molecule has 20 heavy (non-hydrogen) atoms. The number of carbonyl (C=O) groups excluding carboxylic acids is 1. The van der Waals surface area contributed by atoms with E-state index in [9.17, 15) is 13.6 Å². The molecule has 0 aliphatic rings. The maximum Gasteiger partial charge on any atom is 0.283 e. The van der Waals surface area contributed by atoms with Crippen molar-refractivity contribution in [2.45, 2.75) is 6.43 Å². The van der Waals surface area contributed by atoms with Gasteiger partial charge < -0.3 is 10.1 Å². The zero-order valence-corrected chi connectivity index (χ0v) is 11.6. The number of alkyl halides is 2. The van der Waals surface area contributed by atoms with Crippen molar-refractivity contribution in [1.82, 2.24) is 9.59 Å². The van der Waals surface area contributed by atoms with Gasteiger partial charge in [0.25, 0.3) is 12.3 Å². The van der Waals surface area contributed by atoms with E-state index < -0.39 is 18.0 Å². The van der Waals surface area contributed by atoms with Crippen LogP contribution in [0.25, 0.3) is 0 Å². The van der Waals surface area contributed by atoms with E-state index in [1.54, 1.807) is 6.07 Å².